The smallest absolute Gasteiger partial charge is 0.253 e. The van der Waals surface area contributed by atoms with Crippen LogP contribution >= 0.6 is 0 Å². The second-order valence-electron chi connectivity index (χ2n) is 7.97. The monoisotopic (exact) mass is 362 g/mol. The van der Waals surface area contributed by atoms with Crippen molar-refractivity contribution in [3.63, 3.8) is 0 Å². The number of benzene rings is 1. The van der Waals surface area contributed by atoms with Crippen LogP contribution in [0.25, 0.3) is 0 Å². The first-order valence-corrected chi connectivity index (χ1v) is 11.1. The molecule has 1 amide bonds. The zero-order chi connectivity index (χ0) is 17.7. The molecule has 2 aliphatic heterocycles. The number of carbonyl (C=O) groups is 1. The molecular formula is C19H26N2O3S. The van der Waals surface area contributed by atoms with Gasteiger partial charge in [0.2, 0.25) is 10.0 Å². The Hall–Kier alpha value is -1.56. The number of hydrogen-bond donors (Lipinski definition) is 0. The molecule has 1 saturated heterocycles. The predicted molar refractivity (Wildman–Crippen MR) is 98.4 cm³/mol. The van der Waals surface area contributed by atoms with Crippen molar-refractivity contribution in [3.8, 4) is 0 Å². The lowest BCUT2D eigenvalue weighted by Crippen LogP contribution is -2.33. The Morgan fingerprint density at radius 3 is 2.56 bits per heavy atom. The summed E-state index contributed by atoms with van der Waals surface area (Å²) in [7, 11) is -3.25. The van der Waals surface area contributed by atoms with E-state index in [1.807, 2.05) is 11.0 Å². The topological polar surface area (TPSA) is 57.7 Å². The fraction of sp³-hybridized carbons (Fsp3) is 0.632. The highest BCUT2D eigenvalue weighted by molar-refractivity contribution is 7.92. The molecule has 0 bridgehead atoms. The molecule has 1 aromatic carbocycles. The van der Waals surface area contributed by atoms with Gasteiger partial charge in [-0.3, -0.25) is 9.10 Å². The Kier molecular flexibility index (Phi) is 4.06. The van der Waals surface area contributed by atoms with E-state index in [1.165, 1.54) is 42.7 Å². The molecule has 2 heterocycles. The summed E-state index contributed by atoms with van der Waals surface area (Å²) in [6.07, 6.45) is 9.46. The molecule has 0 radical (unpaired) electrons. The van der Waals surface area contributed by atoms with Crippen LogP contribution in [0.5, 0.6) is 0 Å². The van der Waals surface area contributed by atoms with E-state index in [9.17, 15) is 13.2 Å². The van der Waals surface area contributed by atoms with Gasteiger partial charge in [0.15, 0.2) is 0 Å². The summed E-state index contributed by atoms with van der Waals surface area (Å²) in [4.78, 5) is 15.0. The number of sulfonamides is 1. The first kappa shape index (κ1) is 16.9. The lowest BCUT2D eigenvalue weighted by molar-refractivity contribution is 0.0759. The van der Waals surface area contributed by atoms with Gasteiger partial charge in [0.25, 0.3) is 5.91 Å². The molecule has 25 heavy (non-hydrogen) atoms. The van der Waals surface area contributed by atoms with E-state index in [1.54, 1.807) is 12.1 Å². The number of amides is 1. The minimum Gasteiger partial charge on any atom is -0.338 e. The average Bonchev–Trinajstić information content (AvgIpc) is 3.18. The van der Waals surface area contributed by atoms with Crippen molar-refractivity contribution in [1.29, 1.82) is 0 Å². The highest BCUT2D eigenvalue weighted by atomic mass is 32.2. The number of carbonyl (C=O) groups excluding carboxylic acids is 1. The van der Waals surface area contributed by atoms with Crippen molar-refractivity contribution in [3.05, 3.63) is 29.3 Å². The van der Waals surface area contributed by atoms with Crippen LogP contribution < -0.4 is 4.31 Å². The van der Waals surface area contributed by atoms with Gasteiger partial charge >= 0.3 is 0 Å². The van der Waals surface area contributed by atoms with Crippen LogP contribution in [0.15, 0.2) is 18.2 Å². The summed E-state index contributed by atoms with van der Waals surface area (Å²) in [6.45, 7) is 2.21. The molecule has 1 spiro atoms. The van der Waals surface area contributed by atoms with Crippen molar-refractivity contribution in [2.75, 3.05) is 30.2 Å². The molecule has 6 heteroatoms. The highest BCUT2D eigenvalue weighted by Crippen LogP contribution is 2.44. The van der Waals surface area contributed by atoms with Crippen LogP contribution in [0.2, 0.25) is 0 Å². The largest absolute Gasteiger partial charge is 0.338 e. The maximum atomic E-state index is 12.9. The van der Waals surface area contributed by atoms with Crippen molar-refractivity contribution >= 4 is 21.6 Å². The zero-order valence-corrected chi connectivity index (χ0v) is 15.6. The first-order valence-electron chi connectivity index (χ1n) is 9.28. The molecule has 0 aromatic heterocycles. The van der Waals surface area contributed by atoms with Gasteiger partial charge < -0.3 is 4.90 Å². The molecule has 0 unspecified atom stereocenters. The van der Waals surface area contributed by atoms with Gasteiger partial charge in [-0.05, 0) is 54.9 Å². The third kappa shape index (κ3) is 3.05. The quantitative estimate of drug-likeness (QED) is 0.813. The maximum Gasteiger partial charge on any atom is 0.253 e. The standard InChI is InChI=1S/C19H26N2O3S/c1-25(23,24)21-11-7-15-13-16(5-6-17(15)21)18(22)20-12-10-19(14-20)8-3-2-4-9-19/h5-6,13H,2-4,7-12,14H2,1H3. The van der Waals surface area contributed by atoms with E-state index in [4.69, 9.17) is 0 Å². The van der Waals surface area contributed by atoms with Crippen molar-refractivity contribution in [2.45, 2.75) is 44.9 Å². The zero-order valence-electron chi connectivity index (χ0n) is 14.8. The summed E-state index contributed by atoms with van der Waals surface area (Å²) >= 11 is 0. The summed E-state index contributed by atoms with van der Waals surface area (Å²) < 4.78 is 25.1. The second-order valence-corrected chi connectivity index (χ2v) is 9.87. The predicted octanol–water partition coefficient (Wildman–Crippen LogP) is 2.81. The Morgan fingerprint density at radius 1 is 1.08 bits per heavy atom. The highest BCUT2D eigenvalue weighted by Gasteiger charge is 2.40. The van der Waals surface area contributed by atoms with Gasteiger partial charge in [0.1, 0.15) is 0 Å². The molecule has 0 atom stereocenters. The SMILES string of the molecule is CS(=O)(=O)N1CCc2cc(C(=O)N3CCC4(CCCCC4)C3)ccc21. The molecule has 0 N–H and O–H groups in total. The minimum atomic E-state index is -3.25. The molecule has 1 saturated carbocycles. The number of hydrogen-bond acceptors (Lipinski definition) is 3. The minimum absolute atomic E-state index is 0.100. The van der Waals surface area contributed by atoms with Gasteiger partial charge in [-0.25, -0.2) is 8.42 Å². The molecule has 2 fully saturated rings. The van der Waals surface area contributed by atoms with Crippen molar-refractivity contribution < 1.29 is 13.2 Å². The Labute approximate surface area is 150 Å². The normalized spacial score (nSPS) is 22.4. The summed E-state index contributed by atoms with van der Waals surface area (Å²) in [5, 5.41) is 0. The van der Waals surface area contributed by atoms with E-state index in [-0.39, 0.29) is 5.91 Å². The number of rotatable bonds is 2. The molecule has 1 aliphatic carbocycles. The summed E-state index contributed by atoms with van der Waals surface area (Å²) in [5.41, 5.74) is 2.74. The van der Waals surface area contributed by atoms with Gasteiger partial charge in [-0.15, -0.1) is 0 Å². The number of nitrogens with zero attached hydrogens (tertiary/aromatic N) is 2. The number of likely N-dealkylation sites (tertiary alicyclic amines) is 1. The lowest BCUT2D eigenvalue weighted by Gasteiger charge is -2.33. The Balaban J connectivity index is 1.52. The van der Waals surface area contributed by atoms with Gasteiger partial charge in [-0.2, -0.15) is 0 Å². The van der Waals surface area contributed by atoms with Crippen molar-refractivity contribution in [2.24, 2.45) is 5.41 Å². The van der Waals surface area contributed by atoms with E-state index in [2.05, 4.69) is 0 Å². The number of anilines is 1. The molecule has 136 valence electrons. The molecule has 4 rings (SSSR count). The van der Waals surface area contributed by atoms with Crippen LogP contribution in [-0.2, 0) is 16.4 Å². The van der Waals surface area contributed by atoms with Crippen LogP contribution in [0.3, 0.4) is 0 Å². The van der Waals surface area contributed by atoms with E-state index < -0.39 is 10.0 Å². The fourth-order valence-corrected chi connectivity index (χ4v) is 5.81. The van der Waals surface area contributed by atoms with Crippen LogP contribution in [0, 0.1) is 5.41 Å². The molecule has 3 aliphatic rings. The van der Waals surface area contributed by atoms with E-state index >= 15 is 0 Å². The van der Waals surface area contributed by atoms with E-state index in [0.717, 1.165) is 30.8 Å². The lowest BCUT2D eigenvalue weighted by atomic mass is 9.73. The van der Waals surface area contributed by atoms with Gasteiger partial charge in [0.05, 0.1) is 11.9 Å². The number of fused-ring (bicyclic) bond motifs is 1. The van der Waals surface area contributed by atoms with Crippen LogP contribution in [-0.4, -0.2) is 45.1 Å². The van der Waals surface area contributed by atoms with Crippen LogP contribution in [0.4, 0.5) is 5.69 Å². The second kappa shape index (κ2) is 6.01. The molecular weight excluding hydrogens is 336 g/mol. The maximum absolute atomic E-state index is 12.9. The fourth-order valence-electron chi connectivity index (χ4n) is 4.85. The first-order chi connectivity index (χ1) is 11.9. The van der Waals surface area contributed by atoms with Gasteiger partial charge in [-0.1, -0.05) is 19.3 Å². The average molecular weight is 362 g/mol. The van der Waals surface area contributed by atoms with Crippen molar-refractivity contribution in [1.82, 2.24) is 4.90 Å². The Bertz CT molecular complexity index is 797. The van der Waals surface area contributed by atoms with E-state index in [0.29, 0.717) is 23.9 Å². The van der Waals surface area contributed by atoms with Crippen LogP contribution in [0.1, 0.15) is 54.4 Å². The summed E-state index contributed by atoms with van der Waals surface area (Å²) in [6, 6.07) is 5.48. The molecule has 1 aromatic rings. The third-order valence-electron chi connectivity index (χ3n) is 6.22. The summed E-state index contributed by atoms with van der Waals surface area (Å²) in [5.74, 6) is 0.100. The van der Waals surface area contributed by atoms with Gasteiger partial charge in [0, 0.05) is 25.2 Å². The third-order valence-corrected chi connectivity index (χ3v) is 7.40. The molecule has 5 nitrogen and oxygen atoms in total. The Morgan fingerprint density at radius 2 is 1.84 bits per heavy atom.